The van der Waals surface area contributed by atoms with E-state index < -0.39 is 5.41 Å². The molecule has 0 saturated carbocycles. The van der Waals surface area contributed by atoms with Gasteiger partial charge in [-0.3, -0.25) is 14.6 Å². The molecule has 0 N–H and O–H groups in total. The minimum Gasteiger partial charge on any atom is -0.339 e. The van der Waals surface area contributed by atoms with Gasteiger partial charge in [0.2, 0.25) is 5.91 Å². The number of anilines is 1. The predicted molar refractivity (Wildman–Crippen MR) is 99.8 cm³/mol. The third-order valence-electron chi connectivity index (χ3n) is 5.81. The van der Waals surface area contributed by atoms with Gasteiger partial charge in [-0.25, -0.2) is 4.39 Å². The Balaban J connectivity index is 1.47. The summed E-state index contributed by atoms with van der Waals surface area (Å²) in [6, 6.07) is 9.53. The van der Waals surface area contributed by atoms with Crippen LogP contribution in [0, 0.1) is 11.2 Å². The number of amides is 2. The lowest BCUT2D eigenvalue weighted by atomic mass is 9.71. The molecule has 2 fully saturated rings. The highest BCUT2D eigenvalue weighted by atomic mass is 19.1. The van der Waals surface area contributed by atoms with Crippen LogP contribution in [0.3, 0.4) is 0 Å². The highest BCUT2D eigenvalue weighted by molar-refractivity contribution is 5.99. The maximum Gasteiger partial charge on any atom is 0.253 e. The number of pyridine rings is 1. The Bertz CT molecular complexity index is 830. The van der Waals surface area contributed by atoms with E-state index in [4.69, 9.17) is 0 Å². The largest absolute Gasteiger partial charge is 0.339 e. The average Bonchev–Trinajstić information content (AvgIpc) is 2.72. The van der Waals surface area contributed by atoms with Crippen LogP contribution in [0.4, 0.5) is 10.1 Å². The van der Waals surface area contributed by atoms with Gasteiger partial charge in [0.25, 0.3) is 5.91 Å². The smallest absolute Gasteiger partial charge is 0.253 e. The number of nitrogens with zero attached hydrogens (tertiary/aromatic N) is 3. The van der Waals surface area contributed by atoms with Crippen LogP contribution in [0.5, 0.6) is 0 Å². The van der Waals surface area contributed by atoms with E-state index in [0.29, 0.717) is 38.0 Å². The van der Waals surface area contributed by atoms with Crippen LogP contribution in [0.2, 0.25) is 0 Å². The predicted octanol–water partition coefficient (Wildman–Crippen LogP) is 3.27. The summed E-state index contributed by atoms with van der Waals surface area (Å²) in [6.45, 7) is 1.81. The van der Waals surface area contributed by atoms with Crippen LogP contribution in [-0.2, 0) is 4.79 Å². The van der Waals surface area contributed by atoms with Gasteiger partial charge in [-0.05, 0) is 62.1 Å². The summed E-state index contributed by atoms with van der Waals surface area (Å²) >= 11 is 0. The zero-order valence-corrected chi connectivity index (χ0v) is 15.1. The summed E-state index contributed by atoms with van der Waals surface area (Å²) < 4.78 is 13.2. The number of carbonyl (C=O) groups excluding carboxylic acids is 2. The molecule has 140 valence electrons. The summed E-state index contributed by atoms with van der Waals surface area (Å²) in [4.78, 5) is 33.4. The van der Waals surface area contributed by atoms with Crippen molar-refractivity contribution in [3.05, 3.63) is 60.2 Å². The van der Waals surface area contributed by atoms with Gasteiger partial charge in [0.05, 0.1) is 5.41 Å². The molecule has 5 nitrogen and oxygen atoms in total. The Morgan fingerprint density at radius 2 is 1.63 bits per heavy atom. The molecule has 2 saturated heterocycles. The highest BCUT2D eigenvalue weighted by Gasteiger charge is 2.46. The molecule has 0 unspecified atom stereocenters. The van der Waals surface area contributed by atoms with Crippen molar-refractivity contribution in [3.8, 4) is 0 Å². The third kappa shape index (κ3) is 3.31. The Morgan fingerprint density at radius 1 is 0.963 bits per heavy atom. The SMILES string of the molecule is O=C(c1ccncc1)N1CCC2(CCCN(c3ccc(F)cc3)C2=O)CC1. The molecule has 3 heterocycles. The number of hydrogen-bond donors (Lipinski definition) is 0. The van der Waals surface area contributed by atoms with Crippen molar-refractivity contribution in [3.63, 3.8) is 0 Å². The lowest BCUT2D eigenvalue weighted by Gasteiger charge is -2.46. The third-order valence-corrected chi connectivity index (χ3v) is 5.81. The van der Waals surface area contributed by atoms with Crippen LogP contribution in [0.15, 0.2) is 48.8 Å². The molecule has 2 amide bonds. The lowest BCUT2D eigenvalue weighted by Crippen LogP contribution is -2.54. The summed E-state index contributed by atoms with van der Waals surface area (Å²) in [7, 11) is 0. The van der Waals surface area contributed by atoms with Crippen LogP contribution in [0.25, 0.3) is 0 Å². The highest BCUT2D eigenvalue weighted by Crippen LogP contribution is 2.42. The normalized spacial score (nSPS) is 19.4. The van der Waals surface area contributed by atoms with Crippen molar-refractivity contribution in [1.29, 1.82) is 0 Å². The molecule has 2 aliphatic rings. The van der Waals surface area contributed by atoms with Gasteiger partial charge in [0.1, 0.15) is 5.82 Å². The monoisotopic (exact) mass is 367 g/mol. The Kier molecular flexibility index (Phi) is 4.64. The van der Waals surface area contributed by atoms with Crippen LogP contribution in [0.1, 0.15) is 36.0 Å². The maximum absolute atomic E-state index is 13.3. The first-order valence-corrected chi connectivity index (χ1v) is 9.36. The molecule has 0 aliphatic carbocycles. The van der Waals surface area contributed by atoms with E-state index >= 15 is 0 Å². The summed E-state index contributed by atoms with van der Waals surface area (Å²) in [5, 5.41) is 0. The second kappa shape index (κ2) is 7.10. The van der Waals surface area contributed by atoms with Crippen LogP contribution >= 0.6 is 0 Å². The van der Waals surface area contributed by atoms with Gasteiger partial charge in [-0.15, -0.1) is 0 Å². The van der Waals surface area contributed by atoms with Crippen LogP contribution in [-0.4, -0.2) is 41.3 Å². The fraction of sp³-hybridized carbons (Fsp3) is 0.381. The second-order valence-electron chi connectivity index (χ2n) is 7.35. The van der Waals surface area contributed by atoms with Crippen molar-refractivity contribution < 1.29 is 14.0 Å². The second-order valence-corrected chi connectivity index (χ2v) is 7.35. The topological polar surface area (TPSA) is 53.5 Å². The van der Waals surface area contributed by atoms with E-state index in [2.05, 4.69) is 4.98 Å². The van der Waals surface area contributed by atoms with Gasteiger partial charge in [-0.2, -0.15) is 0 Å². The van der Waals surface area contributed by atoms with E-state index in [1.807, 2.05) is 4.90 Å². The molecular weight excluding hydrogens is 345 g/mol. The molecule has 2 aliphatic heterocycles. The van der Waals surface area contributed by atoms with E-state index in [0.717, 1.165) is 18.5 Å². The van der Waals surface area contributed by atoms with Gasteiger partial charge in [-0.1, -0.05) is 0 Å². The van der Waals surface area contributed by atoms with E-state index in [1.165, 1.54) is 12.1 Å². The van der Waals surface area contributed by atoms with Gasteiger partial charge >= 0.3 is 0 Å². The number of carbonyl (C=O) groups is 2. The van der Waals surface area contributed by atoms with E-state index in [1.54, 1.807) is 41.6 Å². The minimum atomic E-state index is -0.415. The number of aromatic nitrogens is 1. The van der Waals surface area contributed by atoms with E-state index in [9.17, 15) is 14.0 Å². The number of halogens is 1. The molecule has 1 spiro atoms. The molecule has 0 atom stereocenters. The Labute approximate surface area is 157 Å². The molecule has 2 aromatic rings. The molecular formula is C21H22FN3O2. The number of likely N-dealkylation sites (tertiary alicyclic amines) is 1. The first-order chi connectivity index (χ1) is 13.1. The maximum atomic E-state index is 13.3. The molecule has 0 radical (unpaired) electrons. The quantitative estimate of drug-likeness (QED) is 0.819. The fourth-order valence-corrected chi connectivity index (χ4v) is 4.22. The Morgan fingerprint density at radius 3 is 2.30 bits per heavy atom. The summed E-state index contributed by atoms with van der Waals surface area (Å²) in [5.74, 6) is -0.205. The average molecular weight is 367 g/mol. The molecule has 27 heavy (non-hydrogen) atoms. The van der Waals surface area contributed by atoms with Gasteiger partial charge in [0, 0.05) is 43.3 Å². The number of rotatable bonds is 2. The molecule has 1 aromatic carbocycles. The Hall–Kier alpha value is -2.76. The molecule has 6 heteroatoms. The van der Waals surface area contributed by atoms with Crippen LogP contribution < -0.4 is 4.90 Å². The fourth-order valence-electron chi connectivity index (χ4n) is 4.22. The number of piperidine rings is 2. The minimum absolute atomic E-state index is 0.00843. The molecule has 1 aromatic heterocycles. The number of benzene rings is 1. The zero-order chi connectivity index (χ0) is 18.9. The first-order valence-electron chi connectivity index (χ1n) is 9.36. The summed E-state index contributed by atoms with van der Waals surface area (Å²) in [5.41, 5.74) is 0.960. The molecule has 0 bridgehead atoms. The number of hydrogen-bond acceptors (Lipinski definition) is 3. The summed E-state index contributed by atoms with van der Waals surface area (Å²) in [6.07, 6.45) is 6.33. The zero-order valence-electron chi connectivity index (χ0n) is 15.1. The van der Waals surface area contributed by atoms with Crippen molar-refractivity contribution in [2.45, 2.75) is 25.7 Å². The van der Waals surface area contributed by atoms with Crippen molar-refractivity contribution in [1.82, 2.24) is 9.88 Å². The lowest BCUT2D eigenvalue weighted by molar-refractivity contribution is -0.133. The van der Waals surface area contributed by atoms with E-state index in [-0.39, 0.29) is 17.6 Å². The van der Waals surface area contributed by atoms with Crippen molar-refractivity contribution in [2.24, 2.45) is 5.41 Å². The molecule has 4 rings (SSSR count). The van der Waals surface area contributed by atoms with Crippen molar-refractivity contribution in [2.75, 3.05) is 24.5 Å². The first kappa shape index (κ1) is 17.6. The van der Waals surface area contributed by atoms with Gasteiger partial charge in [0.15, 0.2) is 0 Å². The standard InChI is InChI=1S/C21H22FN3O2/c22-17-2-4-18(5-3-17)25-13-1-8-21(20(25)27)9-14-24(15-10-21)19(26)16-6-11-23-12-7-16/h2-7,11-12H,1,8-10,13-15H2. The van der Waals surface area contributed by atoms with Crippen molar-refractivity contribution >= 4 is 17.5 Å². The van der Waals surface area contributed by atoms with Gasteiger partial charge < -0.3 is 9.80 Å².